The zero-order valence-electron chi connectivity index (χ0n) is 14.5. The highest BCUT2D eigenvalue weighted by Crippen LogP contribution is 2.26. The molecule has 0 aliphatic carbocycles. The number of hydrogen-bond donors (Lipinski definition) is 3. The Morgan fingerprint density at radius 3 is 2.85 bits per heavy atom. The van der Waals surface area contributed by atoms with Crippen LogP contribution in [0.5, 0.6) is 5.75 Å². The Morgan fingerprint density at radius 2 is 2.07 bits per heavy atom. The van der Waals surface area contributed by atoms with Crippen molar-refractivity contribution < 1.29 is 9.53 Å². The fourth-order valence-corrected chi connectivity index (χ4v) is 2.59. The molecule has 1 heterocycles. The van der Waals surface area contributed by atoms with Crippen LogP contribution in [0.1, 0.15) is 17.7 Å². The normalized spacial score (nSPS) is 11.0. The summed E-state index contributed by atoms with van der Waals surface area (Å²) in [4.78, 5) is 36.4. The maximum atomic E-state index is 11.9. The van der Waals surface area contributed by atoms with Gasteiger partial charge in [-0.3, -0.25) is 14.6 Å². The first-order valence-corrected chi connectivity index (χ1v) is 8.14. The second-order valence-electron chi connectivity index (χ2n) is 5.65. The standard InChI is InChI=1S/C18H17N5O4/c1-27-15-8-6-11-4-2-3-5-12(11)13(15)10-19-22-16(24)9-7-14-17(25)20-18(26)23-21-14/h2-6,8,10H,7,9H2,1H3,(H,22,24)(H2,20,23,25,26)/b19-10-. The van der Waals surface area contributed by atoms with E-state index in [0.29, 0.717) is 5.75 Å². The molecule has 9 nitrogen and oxygen atoms in total. The van der Waals surface area contributed by atoms with Crippen molar-refractivity contribution in [1.29, 1.82) is 0 Å². The van der Waals surface area contributed by atoms with Gasteiger partial charge in [-0.15, -0.1) is 0 Å². The second kappa shape index (κ2) is 8.09. The van der Waals surface area contributed by atoms with E-state index in [9.17, 15) is 14.4 Å². The quantitative estimate of drug-likeness (QED) is 0.436. The SMILES string of the molecule is COc1ccc2ccccc2c1/C=N\NC(=O)CCc1n[nH]c(=O)[nH]c1=O. The maximum absolute atomic E-state index is 11.9. The average Bonchev–Trinajstić information content (AvgIpc) is 2.67. The number of amides is 1. The van der Waals surface area contributed by atoms with Gasteiger partial charge in [0.2, 0.25) is 5.91 Å². The monoisotopic (exact) mass is 367 g/mol. The molecule has 3 rings (SSSR count). The van der Waals surface area contributed by atoms with Gasteiger partial charge in [-0.05, 0) is 16.8 Å². The summed E-state index contributed by atoms with van der Waals surface area (Å²) in [6.07, 6.45) is 1.58. The van der Waals surface area contributed by atoms with E-state index in [2.05, 4.69) is 25.7 Å². The number of aryl methyl sites for hydroxylation is 1. The van der Waals surface area contributed by atoms with Crippen molar-refractivity contribution in [3.05, 3.63) is 68.5 Å². The fourth-order valence-electron chi connectivity index (χ4n) is 2.59. The number of aromatic amines is 2. The van der Waals surface area contributed by atoms with E-state index in [-0.39, 0.29) is 18.5 Å². The zero-order chi connectivity index (χ0) is 19.2. The number of nitrogens with zero attached hydrogens (tertiary/aromatic N) is 2. The van der Waals surface area contributed by atoms with E-state index in [4.69, 9.17) is 4.74 Å². The molecule has 0 unspecified atom stereocenters. The van der Waals surface area contributed by atoms with Gasteiger partial charge in [-0.1, -0.05) is 30.3 Å². The van der Waals surface area contributed by atoms with Crippen molar-refractivity contribution in [2.45, 2.75) is 12.8 Å². The number of rotatable bonds is 6. The predicted octanol–water partition coefficient (Wildman–Crippen LogP) is 0.703. The number of carbonyl (C=O) groups excluding carboxylic acids is 1. The van der Waals surface area contributed by atoms with Crippen LogP contribution in [0.15, 0.2) is 51.1 Å². The molecule has 0 radical (unpaired) electrons. The molecule has 0 saturated heterocycles. The lowest BCUT2D eigenvalue weighted by molar-refractivity contribution is -0.121. The van der Waals surface area contributed by atoms with Gasteiger partial charge in [0.1, 0.15) is 11.4 Å². The van der Waals surface area contributed by atoms with E-state index < -0.39 is 17.2 Å². The first-order valence-electron chi connectivity index (χ1n) is 8.14. The summed E-state index contributed by atoms with van der Waals surface area (Å²) in [5.74, 6) is 0.244. The van der Waals surface area contributed by atoms with E-state index in [1.54, 1.807) is 7.11 Å². The van der Waals surface area contributed by atoms with Gasteiger partial charge in [0.15, 0.2) is 0 Å². The van der Waals surface area contributed by atoms with Gasteiger partial charge in [0.25, 0.3) is 5.56 Å². The minimum absolute atomic E-state index is 0.00780. The third kappa shape index (κ3) is 4.27. The summed E-state index contributed by atoms with van der Waals surface area (Å²) in [7, 11) is 1.56. The molecule has 1 amide bonds. The minimum Gasteiger partial charge on any atom is -0.496 e. The molecule has 138 valence electrons. The maximum Gasteiger partial charge on any atom is 0.342 e. The molecule has 0 aliphatic rings. The van der Waals surface area contributed by atoms with Gasteiger partial charge in [0.05, 0.1) is 13.3 Å². The fraction of sp³-hybridized carbons (Fsp3) is 0.167. The van der Waals surface area contributed by atoms with Gasteiger partial charge in [-0.25, -0.2) is 15.3 Å². The lowest BCUT2D eigenvalue weighted by atomic mass is 10.0. The number of H-pyrrole nitrogens is 2. The number of fused-ring (bicyclic) bond motifs is 1. The van der Waals surface area contributed by atoms with Crippen molar-refractivity contribution in [3.8, 4) is 5.75 Å². The molecule has 1 aromatic heterocycles. The Hall–Kier alpha value is -3.75. The first kappa shape index (κ1) is 18.1. The van der Waals surface area contributed by atoms with Crippen LogP contribution in [0.25, 0.3) is 10.8 Å². The molecule has 0 saturated carbocycles. The Morgan fingerprint density at radius 1 is 1.26 bits per heavy atom. The third-order valence-electron chi connectivity index (χ3n) is 3.90. The molecule has 0 aliphatic heterocycles. The summed E-state index contributed by atoms with van der Waals surface area (Å²) in [6.45, 7) is 0. The Balaban J connectivity index is 1.68. The van der Waals surface area contributed by atoms with Crippen molar-refractivity contribution in [1.82, 2.24) is 20.6 Å². The van der Waals surface area contributed by atoms with E-state index in [1.807, 2.05) is 36.4 Å². The van der Waals surface area contributed by atoms with E-state index in [1.165, 1.54) is 6.21 Å². The molecule has 0 atom stereocenters. The number of hydrogen-bond acceptors (Lipinski definition) is 6. The number of carbonyl (C=O) groups is 1. The van der Waals surface area contributed by atoms with Crippen LogP contribution in [-0.2, 0) is 11.2 Å². The lowest BCUT2D eigenvalue weighted by Crippen LogP contribution is -2.28. The molecule has 9 heteroatoms. The van der Waals surface area contributed by atoms with Crippen LogP contribution in [0.3, 0.4) is 0 Å². The smallest absolute Gasteiger partial charge is 0.342 e. The molecule has 0 spiro atoms. The Bertz CT molecular complexity index is 1120. The van der Waals surface area contributed by atoms with Crippen molar-refractivity contribution in [2.24, 2.45) is 5.10 Å². The number of aromatic nitrogens is 3. The van der Waals surface area contributed by atoms with Gasteiger partial charge in [-0.2, -0.15) is 10.2 Å². The zero-order valence-corrected chi connectivity index (χ0v) is 14.5. The van der Waals surface area contributed by atoms with Crippen LogP contribution in [0, 0.1) is 0 Å². The van der Waals surface area contributed by atoms with Crippen LogP contribution >= 0.6 is 0 Å². The topological polar surface area (TPSA) is 129 Å². The summed E-state index contributed by atoms with van der Waals surface area (Å²) in [5.41, 5.74) is 1.92. The van der Waals surface area contributed by atoms with E-state index >= 15 is 0 Å². The first-order chi connectivity index (χ1) is 13.1. The van der Waals surface area contributed by atoms with Crippen LogP contribution in [0.2, 0.25) is 0 Å². The molecule has 2 aromatic carbocycles. The Kier molecular flexibility index (Phi) is 5.41. The molecule has 27 heavy (non-hydrogen) atoms. The number of nitrogens with one attached hydrogen (secondary N) is 3. The van der Waals surface area contributed by atoms with E-state index in [0.717, 1.165) is 16.3 Å². The highest BCUT2D eigenvalue weighted by Gasteiger charge is 2.08. The summed E-state index contributed by atoms with van der Waals surface area (Å²) in [5, 5.41) is 11.7. The number of benzene rings is 2. The number of hydrazone groups is 1. The lowest BCUT2D eigenvalue weighted by Gasteiger charge is -2.08. The van der Waals surface area contributed by atoms with Gasteiger partial charge >= 0.3 is 5.69 Å². The highest BCUT2D eigenvalue weighted by atomic mass is 16.5. The highest BCUT2D eigenvalue weighted by molar-refractivity contribution is 6.02. The van der Waals surface area contributed by atoms with Gasteiger partial charge < -0.3 is 4.74 Å². The summed E-state index contributed by atoms with van der Waals surface area (Å²) >= 11 is 0. The summed E-state index contributed by atoms with van der Waals surface area (Å²) in [6, 6.07) is 11.5. The van der Waals surface area contributed by atoms with Crippen LogP contribution in [0.4, 0.5) is 0 Å². The molecular formula is C18H17N5O4. The average molecular weight is 367 g/mol. The van der Waals surface area contributed by atoms with Crippen molar-refractivity contribution in [3.63, 3.8) is 0 Å². The Labute approximate surface area is 153 Å². The van der Waals surface area contributed by atoms with Crippen molar-refractivity contribution >= 4 is 22.9 Å². The molecular weight excluding hydrogens is 350 g/mol. The summed E-state index contributed by atoms with van der Waals surface area (Å²) < 4.78 is 5.36. The molecule has 3 N–H and O–H groups in total. The van der Waals surface area contributed by atoms with Crippen LogP contribution < -0.4 is 21.4 Å². The predicted molar refractivity (Wildman–Crippen MR) is 100 cm³/mol. The molecule has 3 aromatic rings. The van der Waals surface area contributed by atoms with Gasteiger partial charge in [0, 0.05) is 18.4 Å². The van der Waals surface area contributed by atoms with Crippen LogP contribution in [-0.4, -0.2) is 34.4 Å². The minimum atomic E-state index is -0.693. The third-order valence-corrected chi connectivity index (χ3v) is 3.90. The van der Waals surface area contributed by atoms with Crippen molar-refractivity contribution in [2.75, 3.05) is 7.11 Å². The second-order valence-corrected chi connectivity index (χ2v) is 5.65. The largest absolute Gasteiger partial charge is 0.496 e. The molecule has 0 fully saturated rings. The number of methoxy groups -OCH3 is 1. The number of ether oxygens (including phenoxy) is 1. The molecule has 0 bridgehead atoms.